The third kappa shape index (κ3) is 1.22. The van der Waals surface area contributed by atoms with Gasteiger partial charge < -0.3 is 0 Å². The van der Waals surface area contributed by atoms with Crippen molar-refractivity contribution >= 4 is 30.1 Å². The Morgan fingerprint density at radius 2 is 2.33 bits per heavy atom. The Balaban J connectivity index is 2.68. The van der Waals surface area contributed by atoms with E-state index in [0.29, 0.717) is 14.5 Å². The number of carbonyl (C=O) groups is 1. The van der Waals surface area contributed by atoms with Crippen LogP contribution in [0.4, 0.5) is 0 Å². The second-order valence-corrected chi connectivity index (χ2v) is 4.45. The van der Waals surface area contributed by atoms with Crippen molar-refractivity contribution in [2.45, 2.75) is 6.92 Å². The molecule has 0 radical (unpaired) electrons. The van der Waals surface area contributed by atoms with Gasteiger partial charge in [0.25, 0.3) is 0 Å². The van der Waals surface area contributed by atoms with E-state index in [1.54, 1.807) is 6.92 Å². The Labute approximate surface area is 76.0 Å². The van der Waals surface area contributed by atoms with Gasteiger partial charge in [-0.25, -0.2) is 0 Å². The normalized spacial score (nSPS) is 10.4. The molecule has 0 aliphatic rings. The van der Waals surface area contributed by atoms with Crippen LogP contribution in [-0.4, -0.2) is 25.3 Å². The Morgan fingerprint density at radius 1 is 1.50 bits per heavy atom. The molecule has 1 aromatic carbocycles. The number of fused-ring (bicyclic) bond motifs is 1. The predicted molar refractivity (Wildman–Crippen MR) is 48.7 cm³/mol. The number of nitrogens with zero attached hydrogens (tertiary/aromatic N) is 1. The molecular formula is C9H7NOSe. The first-order chi connectivity index (χ1) is 5.77. The van der Waals surface area contributed by atoms with E-state index in [1.165, 1.54) is 4.26 Å². The van der Waals surface area contributed by atoms with Gasteiger partial charge in [-0.05, 0) is 0 Å². The summed E-state index contributed by atoms with van der Waals surface area (Å²) in [7, 11) is 0. The SMILES string of the molecule is CC(=O)c1ccc2[se]cnc2c1. The van der Waals surface area contributed by atoms with Crippen LogP contribution in [0, 0.1) is 0 Å². The molecular weight excluding hydrogens is 217 g/mol. The van der Waals surface area contributed by atoms with Gasteiger partial charge in [-0.1, -0.05) is 0 Å². The molecule has 60 valence electrons. The minimum atomic E-state index is 0.104. The summed E-state index contributed by atoms with van der Waals surface area (Å²) in [5, 5.41) is 1.93. The number of Topliss-reactive ketones (excluding diaryl/α,β-unsaturated/α-hetero) is 1. The molecule has 0 fully saturated rings. The maximum absolute atomic E-state index is 11.0. The van der Waals surface area contributed by atoms with Crippen LogP contribution in [0.2, 0.25) is 0 Å². The summed E-state index contributed by atoms with van der Waals surface area (Å²) in [5.41, 5.74) is 1.73. The molecule has 0 amide bonds. The van der Waals surface area contributed by atoms with Gasteiger partial charge in [-0.3, -0.25) is 0 Å². The van der Waals surface area contributed by atoms with Crippen LogP contribution in [0.25, 0.3) is 9.78 Å². The fraction of sp³-hybridized carbons (Fsp3) is 0.111. The summed E-state index contributed by atoms with van der Waals surface area (Å²) in [5.74, 6) is 0.104. The number of ketones is 1. The van der Waals surface area contributed by atoms with Crippen molar-refractivity contribution in [3.63, 3.8) is 0 Å². The molecule has 2 aromatic rings. The molecule has 0 N–H and O–H groups in total. The molecule has 0 atom stereocenters. The first-order valence-electron chi connectivity index (χ1n) is 3.61. The minimum absolute atomic E-state index is 0.104. The first-order valence-corrected chi connectivity index (χ1v) is 5.46. The van der Waals surface area contributed by atoms with Gasteiger partial charge in [0, 0.05) is 0 Å². The van der Waals surface area contributed by atoms with Crippen molar-refractivity contribution in [1.29, 1.82) is 0 Å². The molecule has 2 nitrogen and oxygen atoms in total. The molecule has 1 heterocycles. The van der Waals surface area contributed by atoms with Crippen molar-refractivity contribution < 1.29 is 4.79 Å². The number of rotatable bonds is 1. The van der Waals surface area contributed by atoms with E-state index in [1.807, 2.05) is 23.3 Å². The molecule has 1 aromatic heterocycles. The van der Waals surface area contributed by atoms with Gasteiger partial charge in [0.15, 0.2) is 0 Å². The van der Waals surface area contributed by atoms with Crippen molar-refractivity contribution in [3.05, 3.63) is 28.8 Å². The van der Waals surface area contributed by atoms with Crippen LogP contribution in [0.3, 0.4) is 0 Å². The average Bonchev–Trinajstić information content (AvgIpc) is 2.49. The first kappa shape index (κ1) is 7.71. The summed E-state index contributed by atoms with van der Waals surface area (Å²) in [6, 6.07) is 5.74. The quantitative estimate of drug-likeness (QED) is 0.542. The molecule has 2 rings (SSSR count). The number of carbonyl (C=O) groups excluding carboxylic acids is 1. The standard InChI is InChI=1S/C9H7NOSe/c1-6(11)7-2-3-9-8(4-7)10-5-12-9/h2-5H,1H3. The van der Waals surface area contributed by atoms with Crippen molar-refractivity contribution in [2.75, 3.05) is 0 Å². The van der Waals surface area contributed by atoms with Crippen LogP contribution < -0.4 is 0 Å². The van der Waals surface area contributed by atoms with Gasteiger partial charge in [-0.15, -0.1) is 0 Å². The molecule has 3 heteroatoms. The van der Waals surface area contributed by atoms with Crippen molar-refractivity contribution in [1.82, 2.24) is 4.98 Å². The summed E-state index contributed by atoms with van der Waals surface area (Å²) in [6.45, 7) is 1.57. The summed E-state index contributed by atoms with van der Waals surface area (Å²) < 4.78 is 1.27. The van der Waals surface area contributed by atoms with Crippen molar-refractivity contribution in [3.8, 4) is 0 Å². The van der Waals surface area contributed by atoms with E-state index in [4.69, 9.17) is 0 Å². The van der Waals surface area contributed by atoms with Gasteiger partial charge in [-0.2, -0.15) is 0 Å². The number of aromatic nitrogens is 1. The van der Waals surface area contributed by atoms with Crippen LogP contribution >= 0.6 is 0 Å². The third-order valence-electron chi connectivity index (χ3n) is 1.74. The monoisotopic (exact) mass is 225 g/mol. The van der Waals surface area contributed by atoms with Gasteiger partial charge >= 0.3 is 75.6 Å². The molecule has 0 saturated carbocycles. The van der Waals surface area contributed by atoms with Crippen molar-refractivity contribution in [2.24, 2.45) is 0 Å². The Kier molecular flexibility index (Phi) is 1.83. The zero-order valence-electron chi connectivity index (χ0n) is 6.57. The second kappa shape index (κ2) is 2.85. The number of benzene rings is 1. The molecule has 0 aliphatic carbocycles. The fourth-order valence-electron chi connectivity index (χ4n) is 1.08. The number of hydrogen-bond donors (Lipinski definition) is 0. The van der Waals surface area contributed by atoms with Crippen LogP contribution in [0.15, 0.2) is 23.3 Å². The van der Waals surface area contributed by atoms with E-state index in [9.17, 15) is 4.79 Å². The van der Waals surface area contributed by atoms with Gasteiger partial charge in [0.05, 0.1) is 0 Å². The van der Waals surface area contributed by atoms with Gasteiger partial charge in [0.1, 0.15) is 0 Å². The Hall–Kier alpha value is -0.921. The van der Waals surface area contributed by atoms with E-state index < -0.39 is 0 Å². The molecule has 0 aliphatic heterocycles. The van der Waals surface area contributed by atoms with E-state index in [-0.39, 0.29) is 5.78 Å². The molecule has 0 bridgehead atoms. The summed E-state index contributed by atoms with van der Waals surface area (Å²) in [4.78, 5) is 15.2. The van der Waals surface area contributed by atoms with E-state index >= 15 is 0 Å². The fourth-order valence-corrected chi connectivity index (χ4v) is 2.46. The zero-order chi connectivity index (χ0) is 8.55. The number of hydrogen-bond acceptors (Lipinski definition) is 2. The van der Waals surface area contributed by atoms with Crippen LogP contribution in [-0.2, 0) is 0 Å². The third-order valence-corrected chi connectivity index (χ3v) is 3.44. The Bertz CT molecular complexity index is 433. The van der Waals surface area contributed by atoms with Crippen LogP contribution in [0.1, 0.15) is 17.3 Å². The molecule has 0 saturated heterocycles. The van der Waals surface area contributed by atoms with E-state index in [0.717, 1.165) is 11.1 Å². The van der Waals surface area contributed by atoms with Crippen LogP contribution in [0.5, 0.6) is 0 Å². The van der Waals surface area contributed by atoms with Gasteiger partial charge in [0.2, 0.25) is 0 Å². The second-order valence-electron chi connectivity index (χ2n) is 2.59. The molecule has 0 unspecified atom stereocenters. The predicted octanol–water partition coefficient (Wildman–Crippen LogP) is 1.49. The average molecular weight is 224 g/mol. The van der Waals surface area contributed by atoms with E-state index in [2.05, 4.69) is 4.98 Å². The topological polar surface area (TPSA) is 30.0 Å². The summed E-state index contributed by atoms with van der Waals surface area (Å²) >= 11 is 0.380. The zero-order valence-corrected chi connectivity index (χ0v) is 8.29. The molecule has 0 spiro atoms. The summed E-state index contributed by atoms with van der Waals surface area (Å²) in [6.07, 6.45) is 0. The Morgan fingerprint density at radius 3 is 3.08 bits per heavy atom. The molecule has 12 heavy (non-hydrogen) atoms. The maximum atomic E-state index is 11.0.